The van der Waals surface area contributed by atoms with Gasteiger partial charge in [-0.25, -0.2) is 9.59 Å². The lowest BCUT2D eigenvalue weighted by molar-refractivity contribution is -0.137. The van der Waals surface area contributed by atoms with Gasteiger partial charge in [-0.15, -0.1) is 0 Å². The Bertz CT molecular complexity index is 836. The van der Waals surface area contributed by atoms with Crippen LogP contribution in [0.3, 0.4) is 0 Å². The summed E-state index contributed by atoms with van der Waals surface area (Å²) < 4.78 is 26.6. The molecule has 3 aliphatic rings. The van der Waals surface area contributed by atoms with Gasteiger partial charge in [0.05, 0.1) is 37.4 Å². The molecule has 0 spiro atoms. The van der Waals surface area contributed by atoms with Crippen molar-refractivity contribution in [3.8, 4) is 11.5 Å². The Morgan fingerprint density at radius 1 is 1.07 bits per heavy atom. The molecule has 1 aromatic rings. The van der Waals surface area contributed by atoms with Gasteiger partial charge in [-0.2, -0.15) is 0 Å². The minimum Gasteiger partial charge on any atom is -0.466 e. The van der Waals surface area contributed by atoms with Gasteiger partial charge in [0.25, 0.3) is 0 Å². The van der Waals surface area contributed by atoms with Crippen LogP contribution in [0.2, 0.25) is 0 Å². The molecule has 0 aliphatic carbocycles. The van der Waals surface area contributed by atoms with Gasteiger partial charge in [-0.1, -0.05) is 6.07 Å². The first-order valence-electron chi connectivity index (χ1n) is 9.47. The van der Waals surface area contributed by atoms with E-state index in [0.29, 0.717) is 34.8 Å². The van der Waals surface area contributed by atoms with E-state index in [1.54, 1.807) is 29.4 Å². The lowest BCUT2D eigenvalue weighted by atomic mass is 9.83. The Morgan fingerprint density at radius 2 is 1.76 bits per heavy atom. The molecular formula is C21H23NO7. The van der Waals surface area contributed by atoms with Gasteiger partial charge in [-0.3, -0.25) is 0 Å². The van der Waals surface area contributed by atoms with E-state index < -0.39 is 17.9 Å². The van der Waals surface area contributed by atoms with Crippen LogP contribution in [0.5, 0.6) is 11.5 Å². The Balaban J connectivity index is 1.74. The second kappa shape index (κ2) is 8.16. The SMILES string of the molecule is COC(=O)C1=CN(C[C@H]2CCCO2)C=C(C(=O)OC)C1c1ccc2c(c1)OCO2. The maximum Gasteiger partial charge on any atom is 0.336 e. The number of ether oxygens (including phenoxy) is 5. The number of carbonyl (C=O) groups is 2. The standard InChI is InChI=1S/C21H23NO7/c1-25-20(23)15-10-22(9-14-4-3-7-27-14)11-16(21(24)26-2)19(15)13-5-6-17-18(8-13)29-12-28-17/h5-6,8,10-11,14,19H,3-4,7,9,12H2,1-2H3/t14-/m1/s1. The molecule has 1 fully saturated rings. The van der Waals surface area contributed by atoms with Gasteiger partial charge in [0.15, 0.2) is 11.5 Å². The monoisotopic (exact) mass is 401 g/mol. The Morgan fingerprint density at radius 3 is 2.38 bits per heavy atom. The van der Waals surface area contributed by atoms with Gasteiger partial charge in [-0.05, 0) is 30.5 Å². The highest BCUT2D eigenvalue weighted by atomic mass is 16.7. The summed E-state index contributed by atoms with van der Waals surface area (Å²) in [5.41, 5.74) is 1.39. The molecule has 3 aliphatic heterocycles. The summed E-state index contributed by atoms with van der Waals surface area (Å²) in [7, 11) is 2.64. The first-order chi connectivity index (χ1) is 14.1. The molecule has 1 atom stereocenters. The predicted molar refractivity (Wildman–Crippen MR) is 101 cm³/mol. The maximum atomic E-state index is 12.6. The number of carbonyl (C=O) groups excluding carboxylic acids is 2. The van der Waals surface area contributed by atoms with Crippen LogP contribution in [-0.2, 0) is 23.8 Å². The van der Waals surface area contributed by atoms with E-state index in [9.17, 15) is 9.59 Å². The number of fused-ring (bicyclic) bond motifs is 1. The van der Waals surface area contributed by atoms with E-state index in [4.69, 9.17) is 23.7 Å². The first kappa shape index (κ1) is 19.3. The average Bonchev–Trinajstić information content (AvgIpc) is 3.43. The van der Waals surface area contributed by atoms with Crippen molar-refractivity contribution in [1.82, 2.24) is 4.90 Å². The van der Waals surface area contributed by atoms with Gasteiger partial charge < -0.3 is 28.6 Å². The van der Waals surface area contributed by atoms with Crippen molar-refractivity contribution >= 4 is 11.9 Å². The van der Waals surface area contributed by atoms with Crippen LogP contribution in [0.15, 0.2) is 41.7 Å². The summed E-state index contributed by atoms with van der Waals surface area (Å²) in [6.45, 7) is 1.40. The van der Waals surface area contributed by atoms with Crippen LogP contribution in [0.25, 0.3) is 0 Å². The van der Waals surface area contributed by atoms with Crippen LogP contribution >= 0.6 is 0 Å². The molecule has 0 unspecified atom stereocenters. The molecule has 8 nitrogen and oxygen atoms in total. The summed E-state index contributed by atoms with van der Waals surface area (Å²) in [4.78, 5) is 27.1. The van der Waals surface area contributed by atoms with E-state index >= 15 is 0 Å². The van der Waals surface area contributed by atoms with Crippen LogP contribution < -0.4 is 9.47 Å². The second-order valence-corrected chi connectivity index (χ2v) is 7.03. The van der Waals surface area contributed by atoms with Crippen LogP contribution in [0, 0.1) is 0 Å². The smallest absolute Gasteiger partial charge is 0.336 e. The van der Waals surface area contributed by atoms with Crippen molar-refractivity contribution in [3.63, 3.8) is 0 Å². The highest BCUT2D eigenvalue weighted by Gasteiger charge is 2.36. The van der Waals surface area contributed by atoms with E-state index in [1.807, 2.05) is 6.07 Å². The van der Waals surface area contributed by atoms with Crippen LogP contribution in [0.4, 0.5) is 0 Å². The van der Waals surface area contributed by atoms with Crippen LogP contribution in [0.1, 0.15) is 24.3 Å². The van der Waals surface area contributed by atoms with Crippen molar-refractivity contribution < 1.29 is 33.3 Å². The number of hydrogen-bond donors (Lipinski definition) is 0. The van der Waals surface area contributed by atoms with E-state index in [-0.39, 0.29) is 12.9 Å². The van der Waals surface area contributed by atoms with Gasteiger partial charge in [0.2, 0.25) is 6.79 Å². The number of benzene rings is 1. The molecule has 0 N–H and O–H groups in total. The highest BCUT2D eigenvalue weighted by Crippen LogP contribution is 2.41. The molecule has 1 saturated heterocycles. The normalized spacial score (nSPS) is 20.9. The zero-order chi connectivity index (χ0) is 20.4. The fourth-order valence-electron chi connectivity index (χ4n) is 3.87. The largest absolute Gasteiger partial charge is 0.466 e. The number of methoxy groups -OCH3 is 2. The van der Waals surface area contributed by atoms with E-state index in [2.05, 4.69) is 0 Å². The zero-order valence-electron chi connectivity index (χ0n) is 16.4. The summed E-state index contributed by atoms with van der Waals surface area (Å²) in [6, 6.07) is 5.35. The zero-order valence-corrected chi connectivity index (χ0v) is 16.4. The van der Waals surface area contributed by atoms with Crippen LogP contribution in [-0.4, -0.2) is 57.1 Å². The molecule has 154 valence electrons. The first-order valence-corrected chi connectivity index (χ1v) is 9.47. The summed E-state index contributed by atoms with van der Waals surface area (Å²) in [6.07, 6.45) is 5.41. The van der Waals surface area contributed by atoms with Crippen molar-refractivity contribution in [2.75, 3.05) is 34.2 Å². The minimum absolute atomic E-state index is 0.0439. The molecule has 4 rings (SSSR count). The molecule has 0 amide bonds. The quantitative estimate of drug-likeness (QED) is 0.694. The molecule has 3 heterocycles. The van der Waals surface area contributed by atoms with Gasteiger partial charge in [0.1, 0.15) is 0 Å². The molecule has 29 heavy (non-hydrogen) atoms. The Hall–Kier alpha value is -3.00. The lowest BCUT2D eigenvalue weighted by Gasteiger charge is -2.31. The number of esters is 2. The lowest BCUT2D eigenvalue weighted by Crippen LogP contribution is -2.32. The second-order valence-electron chi connectivity index (χ2n) is 7.03. The van der Waals surface area contributed by atoms with Crippen molar-refractivity contribution in [3.05, 3.63) is 47.3 Å². The molecule has 0 radical (unpaired) electrons. The molecular weight excluding hydrogens is 378 g/mol. The molecule has 0 aromatic heterocycles. The summed E-state index contributed by atoms with van der Waals surface area (Å²) >= 11 is 0. The van der Waals surface area contributed by atoms with Crippen molar-refractivity contribution in [2.24, 2.45) is 0 Å². The summed E-state index contributed by atoms with van der Waals surface area (Å²) in [5, 5.41) is 0. The fourth-order valence-corrected chi connectivity index (χ4v) is 3.87. The van der Waals surface area contributed by atoms with Crippen molar-refractivity contribution in [2.45, 2.75) is 24.9 Å². The van der Waals surface area contributed by atoms with E-state index in [1.165, 1.54) is 14.2 Å². The molecule has 0 saturated carbocycles. The fraction of sp³-hybridized carbons (Fsp3) is 0.429. The molecule has 8 heteroatoms. The van der Waals surface area contributed by atoms with Gasteiger partial charge >= 0.3 is 11.9 Å². The number of nitrogens with zero attached hydrogens (tertiary/aromatic N) is 1. The highest BCUT2D eigenvalue weighted by molar-refractivity contribution is 5.98. The van der Waals surface area contributed by atoms with E-state index in [0.717, 1.165) is 19.4 Å². The third-order valence-corrected chi connectivity index (χ3v) is 5.24. The third-order valence-electron chi connectivity index (χ3n) is 5.24. The Kier molecular flexibility index (Phi) is 5.44. The minimum atomic E-state index is -0.648. The third kappa shape index (κ3) is 3.80. The number of rotatable bonds is 5. The van der Waals surface area contributed by atoms with Crippen molar-refractivity contribution in [1.29, 1.82) is 0 Å². The maximum absolute atomic E-state index is 12.6. The predicted octanol–water partition coefficient (Wildman–Crippen LogP) is 2.11. The van der Waals surface area contributed by atoms with Gasteiger partial charge in [0, 0.05) is 25.6 Å². The summed E-state index contributed by atoms with van der Waals surface area (Å²) in [5.74, 6) is -0.487. The topological polar surface area (TPSA) is 83.5 Å². The molecule has 0 bridgehead atoms. The Labute approximate surface area is 168 Å². The average molecular weight is 401 g/mol. The number of hydrogen-bond acceptors (Lipinski definition) is 8. The molecule has 1 aromatic carbocycles.